The van der Waals surface area contributed by atoms with Gasteiger partial charge < -0.3 is 15.1 Å². The van der Waals surface area contributed by atoms with E-state index in [9.17, 15) is 10.2 Å². The van der Waals surface area contributed by atoms with E-state index in [2.05, 4.69) is 18.7 Å². The SMILES string of the molecule is CCCN(CCC)C1CCc2c(O)cc(O)cc2C1. The first kappa shape index (κ1) is 14.2. The fraction of sp³-hybridized carbons (Fsp3) is 0.625. The van der Waals surface area contributed by atoms with E-state index >= 15 is 0 Å². The second-order valence-electron chi connectivity index (χ2n) is 5.54. The molecule has 0 amide bonds. The van der Waals surface area contributed by atoms with Gasteiger partial charge in [0.2, 0.25) is 0 Å². The van der Waals surface area contributed by atoms with Crippen LogP contribution in [0.15, 0.2) is 12.1 Å². The highest BCUT2D eigenvalue weighted by Crippen LogP contribution is 2.34. The Labute approximate surface area is 115 Å². The summed E-state index contributed by atoms with van der Waals surface area (Å²) in [6, 6.07) is 3.82. The molecule has 3 nitrogen and oxygen atoms in total. The third-order valence-corrected chi connectivity index (χ3v) is 4.02. The summed E-state index contributed by atoms with van der Waals surface area (Å²) in [6.07, 6.45) is 5.31. The number of rotatable bonds is 5. The van der Waals surface area contributed by atoms with Gasteiger partial charge in [-0.05, 0) is 62.4 Å². The molecule has 0 bridgehead atoms. The number of phenolic OH excluding ortho intramolecular Hbond substituents is 2. The number of nitrogens with zero attached hydrogens (tertiary/aromatic N) is 1. The molecular weight excluding hydrogens is 238 g/mol. The Morgan fingerprint density at radius 2 is 1.84 bits per heavy atom. The normalized spacial score (nSPS) is 18.6. The van der Waals surface area contributed by atoms with Gasteiger partial charge in [0.05, 0.1) is 0 Å². The van der Waals surface area contributed by atoms with Crippen molar-refractivity contribution in [3.8, 4) is 11.5 Å². The maximum atomic E-state index is 9.90. The molecule has 1 aromatic rings. The van der Waals surface area contributed by atoms with Crippen LogP contribution < -0.4 is 0 Å². The first-order chi connectivity index (χ1) is 9.15. The van der Waals surface area contributed by atoms with E-state index in [1.165, 1.54) is 18.9 Å². The Balaban J connectivity index is 2.16. The van der Waals surface area contributed by atoms with Gasteiger partial charge in [0.15, 0.2) is 0 Å². The lowest BCUT2D eigenvalue weighted by molar-refractivity contribution is 0.179. The molecule has 1 aliphatic carbocycles. The molecule has 1 aromatic carbocycles. The van der Waals surface area contributed by atoms with E-state index in [0.29, 0.717) is 6.04 Å². The van der Waals surface area contributed by atoms with Crippen molar-refractivity contribution in [3.05, 3.63) is 23.3 Å². The predicted molar refractivity (Wildman–Crippen MR) is 77.7 cm³/mol. The first-order valence-electron chi connectivity index (χ1n) is 7.43. The zero-order valence-corrected chi connectivity index (χ0v) is 12.0. The van der Waals surface area contributed by atoms with Gasteiger partial charge >= 0.3 is 0 Å². The third kappa shape index (κ3) is 3.21. The van der Waals surface area contributed by atoms with E-state index in [-0.39, 0.29) is 11.5 Å². The molecule has 0 aliphatic heterocycles. The van der Waals surface area contributed by atoms with Gasteiger partial charge in [0.25, 0.3) is 0 Å². The quantitative estimate of drug-likeness (QED) is 0.858. The van der Waals surface area contributed by atoms with Crippen molar-refractivity contribution in [2.45, 2.75) is 52.0 Å². The average Bonchev–Trinajstić information content (AvgIpc) is 2.37. The van der Waals surface area contributed by atoms with Crippen LogP contribution in [0.3, 0.4) is 0 Å². The van der Waals surface area contributed by atoms with Crippen molar-refractivity contribution in [2.75, 3.05) is 13.1 Å². The summed E-state index contributed by atoms with van der Waals surface area (Å²) in [6.45, 7) is 6.71. The summed E-state index contributed by atoms with van der Waals surface area (Å²) in [7, 11) is 0. The first-order valence-corrected chi connectivity index (χ1v) is 7.43. The topological polar surface area (TPSA) is 43.7 Å². The number of fused-ring (bicyclic) bond motifs is 1. The van der Waals surface area contributed by atoms with Crippen LogP contribution >= 0.6 is 0 Å². The predicted octanol–water partition coefficient (Wildman–Crippen LogP) is 3.08. The molecule has 2 N–H and O–H groups in total. The molecule has 0 heterocycles. The van der Waals surface area contributed by atoms with Gasteiger partial charge in [0, 0.05) is 12.1 Å². The van der Waals surface area contributed by atoms with Crippen LogP contribution in [0.5, 0.6) is 11.5 Å². The molecule has 1 atom stereocenters. The van der Waals surface area contributed by atoms with Gasteiger partial charge in [-0.1, -0.05) is 13.8 Å². The van der Waals surface area contributed by atoms with Crippen LogP contribution in [0.4, 0.5) is 0 Å². The lowest BCUT2D eigenvalue weighted by Gasteiger charge is -2.35. The van der Waals surface area contributed by atoms with Gasteiger partial charge in [-0.15, -0.1) is 0 Å². The van der Waals surface area contributed by atoms with Gasteiger partial charge in [-0.25, -0.2) is 0 Å². The maximum Gasteiger partial charge on any atom is 0.122 e. The van der Waals surface area contributed by atoms with Crippen molar-refractivity contribution >= 4 is 0 Å². The molecule has 19 heavy (non-hydrogen) atoms. The van der Waals surface area contributed by atoms with Gasteiger partial charge in [-0.2, -0.15) is 0 Å². The Bertz CT molecular complexity index is 425. The maximum absolute atomic E-state index is 9.90. The van der Waals surface area contributed by atoms with Crippen LogP contribution in [0, 0.1) is 0 Å². The molecular formula is C16H25NO2. The van der Waals surface area contributed by atoms with Crippen LogP contribution in [0.25, 0.3) is 0 Å². The Morgan fingerprint density at radius 1 is 1.16 bits per heavy atom. The highest BCUT2D eigenvalue weighted by molar-refractivity contribution is 5.46. The molecule has 1 unspecified atom stereocenters. The number of phenols is 2. The molecule has 0 fully saturated rings. The lowest BCUT2D eigenvalue weighted by Crippen LogP contribution is -2.40. The highest BCUT2D eigenvalue weighted by Gasteiger charge is 2.25. The zero-order valence-electron chi connectivity index (χ0n) is 12.0. The average molecular weight is 263 g/mol. The van der Waals surface area contributed by atoms with Crippen molar-refractivity contribution in [1.29, 1.82) is 0 Å². The van der Waals surface area contributed by atoms with Crippen LogP contribution in [-0.2, 0) is 12.8 Å². The minimum Gasteiger partial charge on any atom is -0.508 e. The number of aromatic hydroxyl groups is 2. The fourth-order valence-electron chi connectivity index (χ4n) is 3.20. The molecule has 0 saturated heterocycles. The van der Waals surface area contributed by atoms with Crippen molar-refractivity contribution < 1.29 is 10.2 Å². The van der Waals surface area contributed by atoms with Crippen molar-refractivity contribution in [3.63, 3.8) is 0 Å². The van der Waals surface area contributed by atoms with Gasteiger partial charge in [0.1, 0.15) is 11.5 Å². The number of hydrogen-bond donors (Lipinski definition) is 2. The molecule has 0 radical (unpaired) electrons. The largest absolute Gasteiger partial charge is 0.508 e. The molecule has 2 rings (SSSR count). The third-order valence-electron chi connectivity index (χ3n) is 4.02. The fourth-order valence-corrected chi connectivity index (χ4v) is 3.20. The van der Waals surface area contributed by atoms with Crippen molar-refractivity contribution in [2.24, 2.45) is 0 Å². The van der Waals surface area contributed by atoms with Crippen LogP contribution in [0.1, 0.15) is 44.2 Å². The summed E-state index contributed by atoms with van der Waals surface area (Å²) < 4.78 is 0. The Hall–Kier alpha value is -1.22. The van der Waals surface area contributed by atoms with E-state index < -0.39 is 0 Å². The summed E-state index contributed by atoms with van der Waals surface area (Å²) in [5.41, 5.74) is 2.15. The summed E-state index contributed by atoms with van der Waals surface area (Å²) in [5, 5.41) is 19.5. The smallest absolute Gasteiger partial charge is 0.122 e. The molecule has 0 aromatic heterocycles. The lowest BCUT2D eigenvalue weighted by atomic mass is 9.86. The second-order valence-corrected chi connectivity index (χ2v) is 5.54. The van der Waals surface area contributed by atoms with Gasteiger partial charge in [-0.3, -0.25) is 0 Å². The summed E-state index contributed by atoms with van der Waals surface area (Å²) >= 11 is 0. The number of hydrogen-bond acceptors (Lipinski definition) is 3. The molecule has 3 heteroatoms. The highest BCUT2D eigenvalue weighted by atomic mass is 16.3. The molecule has 1 aliphatic rings. The van der Waals surface area contributed by atoms with Crippen molar-refractivity contribution in [1.82, 2.24) is 4.90 Å². The second kappa shape index (κ2) is 6.29. The molecule has 0 saturated carbocycles. The summed E-state index contributed by atoms with van der Waals surface area (Å²) in [4.78, 5) is 2.56. The standard InChI is InChI=1S/C16H25NO2/c1-3-7-17(8-4-2)13-5-6-15-12(9-13)10-14(18)11-16(15)19/h10-11,13,18-19H,3-9H2,1-2H3. The Morgan fingerprint density at radius 3 is 2.47 bits per heavy atom. The van der Waals surface area contributed by atoms with E-state index in [1.807, 2.05) is 6.07 Å². The molecule has 0 spiro atoms. The van der Waals surface area contributed by atoms with E-state index in [4.69, 9.17) is 0 Å². The van der Waals surface area contributed by atoms with E-state index in [1.54, 1.807) is 0 Å². The van der Waals surface area contributed by atoms with Crippen LogP contribution in [0.2, 0.25) is 0 Å². The number of benzene rings is 1. The summed E-state index contributed by atoms with van der Waals surface area (Å²) in [5.74, 6) is 0.431. The molecule has 106 valence electrons. The monoisotopic (exact) mass is 263 g/mol. The minimum atomic E-state index is 0.175. The van der Waals surface area contributed by atoms with Crippen LogP contribution in [-0.4, -0.2) is 34.2 Å². The Kier molecular flexibility index (Phi) is 4.70. The minimum absolute atomic E-state index is 0.175. The zero-order chi connectivity index (χ0) is 13.8. The van der Waals surface area contributed by atoms with E-state index in [0.717, 1.165) is 43.5 Å².